The van der Waals surface area contributed by atoms with E-state index in [1.807, 2.05) is 0 Å². The second-order valence-electron chi connectivity index (χ2n) is 26.1. The fraction of sp³-hybridized carbons (Fsp3) is 0.887. The second-order valence-corrected chi connectivity index (χ2v) is 29.0. The molecule has 0 aromatic heterocycles. The van der Waals surface area contributed by atoms with Gasteiger partial charge in [-0.1, -0.05) is 278 Å². The summed E-state index contributed by atoms with van der Waals surface area (Å²) in [6.07, 6.45) is 48.1. The molecule has 6 atom stereocenters. The van der Waals surface area contributed by atoms with E-state index in [2.05, 4.69) is 72.8 Å². The van der Waals surface area contributed by atoms with Crippen LogP contribution in [0.5, 0.6) is 0 Å². The Balaban J connectivity index is 5.29. The average molecular weight is 1320 g/mol. The number of unbranched alkanes of at least 4 members (excludes halogenated alkanes) is 31. The van der Waals surface area contributed by atoms with Crippen molar-refractivity contribution >= 4 is 39.5 Å². The number of allylic oxidation sites excluding steroid dienone is 4. The zero-order chi connectivity index (χ0) is 66.6. The molecule has 4 unspecified atom stereocenters. The highest BCUT2D eigenvalue weighted by Crippen LogP contribution is 2.45. The first-order valence-corrected chi connectivity index (χ1v) is 39.2. The van der Waals surface area contributed by atoms with Crippen LogP contribution in [0, 0.1) is 17.8 Å². The molecular weight excluding hydrogens is 1190 g/mol. The zero-order valence-electron chi connectivity index (χ0n) is 58.1. The lowest BCUT2D eigenvalue weighted by Crippen LogP contribution is -2.30. The van der Waals surface area contributed by atoms with E-state index in [-0.39, 0.29) is 25.7 Å². The van der Waals surface area contributed by atoms with Gasteiger partial charge in [-0.15, -0.1) is 0 Å². The minimum Gasteiger partial charge on any atom is -0.462 e. The third-order valence-electron chi connectivity index (χ3n) is 16.1. The molecule has 0 aromatic rings. The van der Waals surface area contributed by atoms with Crippen molar-refractivity contribution in [3.8, 4) is 0 Å². The topological polar surface area (TPSA) is 237 Å². The van der Waals surface area contributed by atoms with E-state index in [1.165, 1.54) is 122 Å². The molecule has 0 radical (unpaired) electrons. The number of hydrogen-bond donors (Lipinski definition) is 3. The van der Waals surface area contributed by atoms with Crippen LogP contribution in [-0.4, -0.2) is 96.7 Å². The summed E-state index contributed by atoms with van der Waals surface area (Å²) in [4.78, 5) is 72.5. The van der Waals surface area contributed by atoms with Crippen molar-refractivity contribution in [1.29, 1.82) is 0 Å². The summed E-state index contributed by atoms with van der Waals surface area (Å²) in [6, 6.07) is 0. The van der Waals surface area contributed by atoms with E-state index < -0.39 is 97.5 Å². The molecule has 0 saturated carbocycles. The van der Waals surface area contributed by atoms with Crippen molar-refractivity contribution in [2.75, 3.05) is 39.6 Å². The van der Waals surface area contributed by atoms with Crippen LogP contribution in [0.4, 0.5) is 0 Å². The van der Waals surface area contributed by atoms with Crippen LogP contribution in [0.1, 0.15) is 331 Å². The molecule has 0 aromatic carbocycles. The third-order valence-corrected chi connectivity index (χ3v) is 18.0. The van der Waals surface area contributed by atoms with E-state index in [9.17, 15) is 43.2 Å². The molecule has 0 rings (SSSR count). The van der Waals surface area contributed by atoms with Gasteiger partial charge in [0.1, 0.15) is 19.3 Å². The standard InChI is InChI=1S/C71H134O17P2/c1-8-10-11-12-13-14-15-16-17-18-19-23-31-38-45-52-68(73)81-58-66(87-70(75)54-47-40-33-24-21-20-22-30-37-44-51-64(7)9-2)60-85-89(77,78)83-56-65(72)57-84-90(79,80)86-61-67(88-71(76)55-48-41-34-27-29-36-43-50-63(5)6)59-82-69(74)53-46-39-32-26-25-28-35-42-49-62(3)4/h14-17,62-67,72H,8-13,18-61H2,1-7H3,(H,77,78)(H,79,80)/b15-14-,17-16-/t64?,65?,66-,67-/m1/s1. The summed E-state index contributed by atoms with van der Waals surface area (Å²) < 4.78 is 68.2. The van der Waals surface area contributed by atoms with Crippen molar-refractivity contribution in [3.63, 3.8) is 0 Å². The van der Waals surface area contributed by atoms with Gasteiger partial charge < -0.3 is 33.8 Å². The largest absolute Gasteiger partial charge is 0.472 e. The molecule has 0 amide bonds. The van der Waals surface area contributed by atoms with Crippen LogP contribution >= 0.6 is 15.6 Å². The predicted octanol–water partition coefficient (Wildman–Crippen LogP) is 19.8. The van der Waals surface area contributed by atoms with Crippen molar-refractivity contribution in [2.45, 2.75) is 349 Å². The third kappa shape index (κ3) is 63.0. The molecule has 19 heteroatoms. The fourth-order valence-corrected chi connectivity index (χ4v) is 11.7. The summed E-state index contributed by atoms with van der Waals surface area (Å²) >= 11 is 0. The number of carbonyl (C=O) groups is 4. The van der Waals surface area contributed by atoms with Crippen LogP contribution in [0.25, 0.3) is 0 Å². The number of ether oxygens (including phenoxy) is 4. The Labute approximate surface area is 548 Å². The fourth-order valence-electron chi connectivity index (χ4n) is 10.1. The Bertz CT molecular complexity index is 1860. The zero-order valence-corrected chi connectivity index (χ0v) is 59.9. The van der Waals surface area contributed by atoms with Gasteiger partial charge in [0.05, 0.1) is 26.4 Å². The number of aliphatic hydroxyl groups excluding tert-OH is 1. The molecule has 0 heterocycles. The average Bonchev–Trinajstić information content (AvgIpc) is 3.31. The first-order valence-electron chi connectivity index (χ1n) is 36.2. The van der Waals surface area contributed by atoms with Gasteiger partial charge in [-0.05, 0) is 69.1 Å². The smallest absolute Gasteiger partial charge is 0.462 e. The second kappa shape index (κ2) is 61.4. The lowest BCUT2D eigenvalue weighted by molar-refractivity contribution is -0.161. The number of esters is 4. The molecule has 17 nitrogen and oxygen atoms in total. The van der Waals surface area contributed by atoms with Gasteiger partial charge >= 0.3 is 39.5 Å². The first kappa shape index (κ1) is 87.5. The lowest BCUT2D eigenvalue weighted by Gasteiger charge is -2.21. The Kier molecular flexibility index (Phi) is 59.7. The van der Waals surface area contributed by atoms with Crippen molar-refractivity contribution < 1.29 is 80.2 Å². The maximum absolute atomic E-state index is 13.0. The SMILES string of the molecule is CCCCCC/C=C\C=C/CCCCCCCC(=O)OC[C@H](COP(=O)(O)OCC(O)COP(=O)(O)OC[C@@H](COC(=O)CCCCCCCCCCC(C)C)OC(=O)CCCCCCCCCC(C)C)OC(=O)CCCCCCCCCCCCC(C)CC. The monoisotopic (exact) mass is 1320 g/mol. The number of hydrogen-bond acceptors (Lipinski definition) is 15. The van der Waals surface area contributed by atoms with E-state index in [1.54, 1.807) is 0 Å². The maximum atomic E-state index is 13.0. The normalized spacial score (nSPS) is 14.7. The van der Waals surface area contributed by atoms with Gasteiger partial charge in [-0.25, -0.2) is 9.13 Å². The van der Waals surface area contributed by atoms with Gasteiger partial charge in [-0.2, -0.15) is 0 Å². The highest BCUT2D eigenvalue weighted by atomic mass is 31.2. The number of rotatable bonds is 67. The quantitative estimate of drug-likeness (QED) is 0.0169. The first-order chi connectivity index (χ1) is 43.3. The Morgan fingerprint density at radius 3 is 0.989 bits per heavy atom. The summed E-state index contributed by atoms with van der Waals surface area (Å²) in [7, 11) is -9.91. The summed E-state index contributed by atoms with van der Waals surface area (Å²) in [5.74, 6) is 0.0606. The van der Waals surface area contributed by atoms with E-state index in [0.717, 1.165) is 121 Å². The molecule has 0 aliphatic rings. The van der Waals surface area contributed by atoms with Crippen LogP contribution in [0.15, 0.2) is 24.3 Å². The molecule has 0 fully saturated rings. The number of phosphoric ester groups is 2. The minimum absolute atomic E-state index is 0.0988. The minimum atomic E-state index is -4.96. The number of aliphatic hydroxyl groups is 1. The van der Waals surface area contributed by atoms with E-state index in [4.69, 9.17) is 37.0 Å². The molecular formula is C71H134O17P2. The predicted molar refractivity (Wildman–Crippen MR) is 363 cm³/mol. The summed E-state index contributed by atoms with van der Waals surface area (Å²) in [5, 5.41) is 10.6. The molecule has 0 aliphatic heterocycles. The molecule has 90 heavy (non-hydrogen) atoms. The summed E-state index contributed by atoms with van der Waals surface area (Å²) in [6.45, 7) is 11.7. The van der Waals surface area contributed by atoms with Crippen LogP contribution in [0.2, 0.25) is 0 Å². The van der Waals surface area contributed by atoms with Gasteiger partial charge in [0, 0.05) is 25.7 Å². The van der Waals surface area contributed by atoms with Gasteiger partial charge in [0.25, 0.3) is 0 Å². The lowest BCUT2D eigenvalue weighted by atomic mass is 9.99. The van der Waals surface area contributed by atoms with E-state index >= 15 is 0 Å². The Hall–Kier alpha value is -2.46. The van der Waals surface area contributed by atoms with Crippen LogP contribution < -0.4 is 0 Å². The van der Waals surface area contributed by atoms with Crippen LogP contribution in [-0.2, 0) is 65.4 Å². The molecule has 0 bridgehead atoms. The van der Waals surface area contributed by atoms with Gasteiger partial charge in [-0.3, -0.25) is 37.3 Å². The van der Waals surface area contributed by atoms with Gasteiger partial charge in [0.15, 0.2) is 12.2 Å². The highest BCUT2D eigenvalue weighted by Gasteiger charge is 2.30. The van der Waals surface area contributed by atoms with E-state index in [0.29, 0.717) is 31.6 Å². The molecule has 0 saturated heterocycles. The van der Waals surface area contributed by atoms with Crippen molar-refractivity contribution in [3.05, 3.63) is 24.3 Å². The molecule has 3 N–H and O–H groups in total. The maximum Gasteiger partial charge on any atom is 0.472 e. The van der Waals surface area contributed by atoms with Crippen molar-refractivity contribution in [1.82, 2.24) is 0 Å². The Morgan fingerprint density at radius 2 is 0.656 bits per heavy atom. The summed E-state index contributed by atoms with van der Waals surface area (Å²) in [5.41, 5.74) is 0. The molecule has 530 valence electrons. The molecule has 0 spiro atoms. The molecule has 0 aliphatic carbocycles. The van der Waals surface area contributed by atoms with Gasteiger partial charge in [0.2, 0.25) is 0 Å². The van der Waals surface area contributed by atoms with Crippen molar-refractivity contribution in [2.24, 2.45) is 17.8 Å². The number of phosphoric acid groups is 2. The Morgan fingerprint density at radius 1 is 0.367 bits per heavy atom. The highest BCUT2D eigenvalue weighted by molar-refractivity contribution is 7.47. The number of carbonyl (C=O) groups excluding carboxylic acids is 4. The van der Waals surface area contributed by atoms with Crippen LogP contribution in [0.3, 0.4) is 0 Å².